The molecule has 1 aromatic heterocycles. The fourth-order valence-corrected chi connectivity index (χ4v) is 5.95. The van der Waals surface area contributed by atoms with Crippen LogP contribution in [0.5, 0.6) is 11.5 Å². The first-order valence-corrected chi connectivity index (χ1v) is 11.6. The lowest BCUT2D eigenvalue weighted by Gasteiger charge is -2.27. The Balaban J connectivity index is 1.78. The zero-order valence-corrected chi connectivity index (χ0v) is 20.4. The lowest BCUT2D eigenvalue weighted by atomic mass is 9.78. The highest BCUT2D eigenvalue weighted by molar-refractivity contribution is 5.96. The molecule has 1 atom stereocenters. The number of phenols is 1. The fraction of sp³-hybridized carbons (Fsp3) is 0.185. The zero-order chi connectivity index (χ0) is 28.0. The van der Waals surface area contributed by atoms with E-state index in [1.165, 1.54) is 19.4 Å². The summed E-state index contributed by atoms with van der Waals surface area (Å²) in [4.78, 5) is 72.6. The monoisotopic (exact) mass is 530 g/mol. The number of rotatable bonds is 3. The van der Waals surface area contributed by atoms with Gasteiger partial charge in [0.05, 0.1) is 45.3 Å². The summed E-state index contributed by atoms with van der Waals surface area (Å²) < 4.78 is 4.88. The lowest BCUT2D eigenvalue weighted by Crippen LogP contribution is -2.51. The summed E-state index contributed by atoms with van der Waals surface area (Å²) in [7, 11) is 2.45. The second-order valence-electron chi connectivity index (χ2n) is 9.36. The average molecular weight is 530 g/mol. The van der Waals surface area contributed by atoms with Crippen LogP contribution in [-0.2, 0) is 16.7 Å². The normalized spacial score (nSPS) is 18.0. The summed E-state index contributed by atoms with van der Waals surface area (Å²) in [6, 6.07) is 3.91. The minimum Gasteiger partial charge on any atom is -0.510 e. The lowest BCUT2D eigenvalue weighted by molar-refractivity contribution is 0.215. The number of fused-ring (bicyclic) bond motifs is 4. The Morgan fingerprint density at radius 2 is 1.56 bits per heavy atom. The van der Waals surface area contributed by atoms with Gasteiger partial charge in [-0.3, -0.25) is 24.0 Å². The van der Waals surface area contributed by atoms with E-state index in [1.807, 2.05) is 0 Å². The van der Waals surface area contributed by atoms with E-state index in [4.69, 9.17) is 4.74 Å². The van der Waals surface area contributed by atoms with Crippen LogP contribution in [0.15, 0.2) is 47.3 Å². The maximum absolute atomic E-state index is 13.5. The third-order valence-electron chi connectivity index (χ3n) is 7.57. The second kappa shape index (κ2) is 7.87. The van der Waals surface area contributed by atoms with Gasteiger partial charge in [-0.1, -0.05) is 11.2 Å². The van der Waals surface area contributed by atoms with Crippen LogP contribution in [0, 0.1) is 10.4 Å². The van der Waals surface area contributed by atoms with Gasteiger partial charge in [0.25, 0.3) is 5.56 Å². The standard InChI is InChI=1S/C27H18N2O10/c1-38-13-7-12(30)15-16(20(13)31)22(33)18-17(21(15)32)24(35)27(25(18)36)4-3-9-5-10-6-11(8-28-39-2)29-26(37)14(10)23(34)19(9)27/h5-8,34-36H,3-4H2,1-2H3,(H,29,37)/t27-/m0/s1. The summed E-state index contributed by atoms with van der Waals surface area (Å²) in [6.45, 7) is 0. The number of pyridine rings is 1. The molecule has 4 aliphatic rings. The Labute approximate surface area is 215 Å². The summed E-state index contributed by atoms with van der Waals surface area (Å²) >= 11 is 0. The van der Waals surface area contributed by atoms with Gasteiger partial charge < -0.3 is 29.9 Å². The molecular weight excluding hydrogens is 512 g/mol. The van der Waals surface area contributed by atoms with Gasteiger partial charge in [0, 0.05) is 11.6 Å². The fourth-order valence-electron chi connectivity index (χ4n) is 5.95. The van der Waals surface area contributed by atoms with Crippen LogP contribution in [0.1, 0.15) is 23.2 Å². The minimum atomic E-state index is -1.95. The Hall–Kier alpha value is -5.26. The number of nitrogens with zero attached hydrogens (tertiary/aromatic N) is 1. The van der Waals surface area contributed by atoms with Gasteiger partial charge in [-0.15, -0.1) is 0 Å². The molecule has 1 aromatic carbocycles. The van der Waals surface area contributed by atoms with Crippen molar-refractivity contribution >= 4 is 28.5 Å². The van der Waals surface area contributed by atoms with Crippen LogP contribution in [0.4, 0.5) is 0 Å². The van der Waals surface area contributed by atoms with Gasteiger partial charge in [0.2, 0.25) is 16.3 Å². The van der Waals surface area contributed by atoms with E-state index in [2.05, 4.69) is 15.0 Å². The van der Waals surface area contributed by atoms with E-state index in [-0.39, 0.29) is 29.5 Å². The molecule has 12 nitrogen and oxygen atoms in total. The van der Waals surface area contributed by atoms with Gasteiger partial charge >= 0.3 is 0 Å². The van der Waals surface area contributed by atoms with Gasteiger partial charge in [-0.05, 0) is 29.9 Å². The number of aromatic hydroxyl groups is 1. The second-order valence-corrected chi connectivity index (χ2v) is 9.36. The van der Waals surface area contributed by atoms with Crippen molar-refractivity contribution < 1.29 is 24.9 Å². The van der Waals surface area contributed by atoms with Crippen LogP contribution in [0.2, 0.25) is 0 Å². The summed E-state index contributed by atoms with van der Waals surface area (Å²) in [5, 5.41) is 35.3. The number of methoxy groups -OCH3 is 1. The predicted octanol–water partition coefficient (Wildman–Crippen LogP) is -1.51. The topological polar surface area (TPSA) is 193 Å². The molecule has 4 N–H and O–H groups in total. The average Bonchev–Trinajstić information content (AvgIpc) is 3.39. The maximum Gasteiger partial charge on any atom is 0.260 e. The van der Waals surface area contributed by atoms with E-state index in [1.54, 1.807) is 6.07 Å². The van der Waals surface area contributed by atoms with Crippen molar-refractivity contribution in [3.63, 3.8) is 0 Å². The molecule has 0 saturated carbocycles. The number of aliphatic hydroxyl groups excluding tert-OH is 2. The molecule has 0 fully saturated rings. The molecule has 1 spiro atoms. The van der Waals surface area contributed by atoms with Crippen molar-refractivity contribution in [1.82, 2.24) is 4.98 Å². The third kappa shape index (κ3) is 2.82. The Morgan fingerprint density at radius 1 is 0.897 bits per heavy atom. The number of aromatic nitrogens is 1. The molecule has 0 amide bonds. The van der Waals surface area contributed by atoms with Crippen LogP contribution in [0.3, 0.4) is 0 Å². The number of oxime groups is 1. The van der Waals surface area contributed by atoms with Crippen molar-refractivity contribution in [3.05, 3.63) is 107 Å². The highest BCUT2D eigenvalue weighted by Crippen LogP contribution is 2.54. The molecular formula is C27H18N2O10. The Bertz CT molecular complexity index is 2300. The quantitative estimate of drug-likeness (QED) is 0.179. The van der Waals surface area contributed by atoms with E-state index < -0.39 is 76.6 Å². The molecule has 196 valence electrons. The highest BCUT2D eigenvalue weighted by Gasteiger charge is 2.53. The predicted molar refractivity (Wildman–Crippen MR) is 138 cm³/mol. The zero-order valence-electron chi connectivity index (χ0n) is 20.4. The van der Waals surface area contributed by atoms with Crippen LogP contribution in [0.25, 0.3) is 22.3 Å². The van der Waals surface area contributed by atoms with Crippen LogP contribution >= 0.6 is 0 Å². The number of benzene rings is 1. The number of hydrogen-bond donors (Lipinski definition) is 4. The Kier molecular flexibility index (Phi) is 4.86. The highest BCUT2D eigenvalue weighted by atomic mass is 16.6. The first-order chi connectivity index (χ1) is 18.6. The molecule has 12 heteroatoms. The molecule has 0 aliphatic heterocycles. The Morgan fingerprint density at radius 3 is 2.21 bits per heavy atom. The number of ether oxygens (including phenoxy) is 1. The minimum absolute atomic E-state index is 0.0601. The van der Waals surface area contributed by atoms with Gasteiger partial charge in [0.1, 0.15) is 29.8 Å². The van der Waals surface area contributed by atoms with E-state index in [0.717, 1.165) is 13.2 Å². The van der Waals surface area contributed by atoms with E-state index >= 15 is 0 Å². The summed E-state index contributed by atoms with van der Waals surface area (Å²) in [5.41, 5.74) is -6.21. The molecule has 0 bridgehead atoms. The molecule has 4 aliphatic carbocycles. The number of nitrogens with one attached hydrogen (secondary N) is 1. The van der Waals surface area contributed by atoms with Crippen LogP contribution < -0.4 is 42.4 Å². The number of phenolic OH excluding ortho intramolecular Hbond substituents is 1. The van der Waals surface area contributed by atoms with Crippen molar-refractivity contribution in [2.45, 2.75) is 18.3 Å². The van der Waals surface area contributed by atoms with Crippen molar-refractivity contribution in [2.75, 3.05) is 14.2 Å². The summed E-state index contributed by atoms with van der Waals surface area (Å²) in [5.74, 6) is -2.53. The molecule has 0 radical (unpaired) electrons. The number of aryl methyl sites for hydroxylation is 1. The van der Waals surface area contributed by atoms with Crippen molar-refractivity contribution in [3.8, 4) is 11.5 Å². The van der Waals surface area contributed by atoms with Gasteiger partial charge in [-0.25, -0.2) is 0 Å². The molecule has 39 heavy (non-hydrogen) atoms. The molecule has 0 unspecified atom stereocenters. The molecule has 1 heterocycles. The van der Waals surface area contributed by atoms with Gasteiger partial charge in [0.15, 0.2) is 11.2 Å². The maximum atomic E-state index is 13.5. The van der Waals surface area contributed by atoms with Gasteiger partial charge in [-0.2, -0.15) is 0 Å². The number of hydrogen-bond acceptors (Lipinski definition) is 11. The van der Waals surface area contributed by atoms with E-state index in [9.17, 15) is 39.3 Å². The number of aliphatic hydroxyl groups is 2. The van der Waals surface area contributed by atoms with Crippen LogP contribution in [-0.4, -0.2) is 40.7 Å². The van der Waals surface area contributed by atoms with E-state index in [0.29, 0.717) is 10.9 Å². The summed E-state index contributed by atoms with van der Waals surface area (Å²) in [6.07, 6.45) is 1.35. The molecule has 2 aromatic rings. The smallest absolute Gasteiger partial charge is 0.260 e. The first kappa shape index (κ1) is 24.1. The SMILES string of the molecule is CON=Cc1cc2cc3c(c(O)c2c(=O)[nH]1)[C@@]1(CC3)C(O)=c2c(=O)c3c(=O)cc(OC)c(=O)c=3c(=O)c2=C1O. The molecule has 0 saturated heterocycles. The number of H-pyrrole nitrogens is 1. The number of aromatic amines is 1. The van der Waals surface area contributed by atoms with Crippen molar-refractivity contribution in [1.29, 1.82) is 0 Å². The van der Waals surface area contributed by atoms with Crippen molar-refractivity contribution in [2.24, 2.45) is 5.16 Å². The molecule has 6 rings (SSSR count). The largest absolute Gasteiger partial charge is 0.510 e. The first-order valence-electron chi connectivity index (χ1n) is 11.6. The third-order valence-corrected chi connectivity index (χ3v) is 7.57.